The Balaban J connectivity index is 0.00000462. The van der Waals surface area contributed by atoms with Gasteiger partial charge in [0.1, 0.15) is 5.65 Å². The molecule has 6 heteroatoms. The number of hydrogen-bond donors (Lipinski definition) is 0. The predicted molar refractivity (Wildman–Crippen MR) is 241 cm³/mol. The molecule has 2 aromatic heterocycles. The first-order valence-electron chi connectivity index (χ1n) is 20.1. The van der Waals surface area contributed by atoms with Crippen LogP contribution in [0.2, 0.25) is 0 Å². The van der Waals surface area contributed by atoms with Gasteiger partial charge in [0.25, 0.3) is 0 Å². The third-order valence-corrected chi connectivity index (χ3v) is 11.9. The summed E-state index contributed by atoms with van der Waals surface area (Å²) in [6.07, 6.45) is 1.83. The molecule has 0 unspecified atom stereocenters. The third-order valence-electron chi connectivity index (χ3n) is 11.9. The molecule has 1 aliphatic rings. The molecular weight excluding hydrogens is 916 g/mol. The van der Waals surface area contributed by atoms with Gasteiger partial charge in [0, 0.05) is 77.4 Å². The van der Waals surface area contributed by atoms with Crippen LogP contribution >= 0.6 is 0 Å². The number of ether oxygens (including phenoxy) is 1. The predicted octanol–water partition coefficient (Wildman–Crippen LogP) is 13.6. The van der Waals surface area contributed by atoms with E-state index in [1.165, 1.54) is 22.3 Å². The van der Waals surface area contributed by atoms with Gasteiger partial charge in [0.15, 0.2) is 0 Å². The molecular formula is C54H43N4OPt-3. The van der Waals surface area contributed by atoms with Crippen molar-refractivity contribution < 1.29 is 25.8 Å². The summed E-state index contributed by atoms with van der Waals surface area (Å²) in [5.74, 6) is 1.19. The van der Waals surface area contributed by atoms with E-state index >= 15 is 0 Å². The minimum atomic E-state index is -0.246. The molecule has 0 saturated carbocycles. The minimum Gasteiger partial charge on any atom is -0.509 e. The molecule has 0 spiro atoms. The molecule has 7 aromatic carbocycles. The number of anilines is 4. The molecule has 9 aromatic rings. The van der Waals surface area contributed by atoms with Crippen molar-refractivity contribution >= 4 is 44.7 Å². The smallest absolute Gasteiger partial charge is 0.143 e. The van der Waals surface area contributed by atoms with Gasteiger partial charge in [-0.05, 0) is 64.7 Å². The first-order chi connectivity index (χ1) is 28.8. The van der Waals surface area contributed by atoms with E-state index in [0.717, 1.165) is 50.4 Å². The molecule has 0 amide bonds. The van der Waals surface area contributed by atoms with Crippen molar-refractivity contribution in [3.8, 4) is 17.2 Å². The van der Waals surface area contributed by atoms with Crippen LogP contribution in [0.1, 0.15) is 49.9 Å². The van der Waals surface area contributed by atoms with Gasteiger partial charge in [-0.15, -0.1) is 48.8 Å². The molecule has 298 valence electrons. The van der Waals surface area contributed by atoms with E-state index in [-0.39, 0.29) is 31.9 Å². The van der Waals surface area contributed by atoms with Crippen LogP contribution in [0.3, 0.4) is 0 Å². The van der Waals surface area contributed by atoms with Crippen molar-refractivity contribution in [3.63, 3.8) is 0 Å². The summed E-state index contributed by atoms with van der Waals surface area (Å²) in [7, 11) is 0. The van der Waals surface area contributed by atoms with Gasteiger partial charge in [0.2, 0.25) is 0 Å². The zero-order valence-electron chi connectivity index (χ0n) is 33.9. The van der Waals surface area contributed by atoms with Gasteiger partial charge < -0.3 is 19.1 Å². The maximum atomic E-state index is 6.53. The Morgan fingerprint density at radius 2 is 1.03 bits per heavy atom. The summed E-state index contributed by atoms with van der Waals surface area (Å²) < 4.78 is 8.68. The van der Waals surface area contributed by atoms with Crippen LogP contribution in [0.5, 0.6) is 11.5 Å². The molecule has 5 nitrogen and oxygen atoms in total. The molecule has 0 bridgehead atoms. The largest absolute Gasteiger partial charge is 0.509 e. The molecule has 0 fully saturated rings. The number of benzene rings is 7. The summed E-state index contributed by atoms with van der Waals surface area (Å²) in [5.41, 5.74) is 11.5. The normalized spacial score (nSPS) is 12.7. The number of nitrogens with zero attached hydrogens (tertiary/aromatic N) is 4. The van der Waals surface area contributed by atoms with E-state index in [9.17, 15) is 0 Å². The topological polar surface area (TPSA) is 33.5 Å². The van der Waals surface area contributed by atoms with Crippen molar-refractivity contribution in [1.82, 2.24) is 9.55 Å². The number of pyridine rings is 1. The van der Waals surface area contributed by atoms with Crippen LogP contribution < -0.4 is 14.5 Å². The summed E-state index contributed by atoms with van der Waals surface area (Å²) in [6.45, 7) is 11.5. The number of aromatic nitrogens is 2. The van der Waals surface area contributed by atoms with Crippen LogP contribution in [0, 0.1) is 18.8 Å². The minimum absolute atomic E-state index is 0. The van der Waals surface area contributed by atoms with Crippen LogP contribution in [-0.2, 0) is 31.9 Å². The maximum absolute atomic E-state index is 6.53. The number of rotatable bonds is 9. The van der Waals surface area contributed by atoms with E-state index in [0.29, 0.717) is 11.5 Å². The molecule has 60 heavy (non-hydrogen) atoms. The molecule has 0 atom stereocenters. The van der Waals surface area contributed by atoms with E-state index < -0.39 is 0 Å². The number of fused-ring (bicyclic) bond motifs is 4. The number of hydrogen-bond acceptors (Lipinski definition) is 4. The second kappa shape index (κ2) is 15.6. The fourth-order valence-electron chi connectivity index (χ4n) is 8.44. The molecule has 0 radical (unpaired) electrons. The Kier molecular flexibility index (Phi) is 10.2. The van der Waals surface area contributed by atoms with Crippen LogP contribution in [0.4, 0.5) is 22.7 Å². The second-order valence-corrected chi connectivity index (χ2v) is 16.2. The SMILES string of the molecule is CC(C)(c1ccccc1)c1cc(N2[CH-]N(c3[c-]c(Oc4[c-]c(-n5c6ccccc6c6cccnc65)ccc4)ccc3)c3ccccc32)cc(C(C)(C)c2ccccc2)c1.[Pt]. The Bertz CT molecular complexity index is 2850. The van der Waals surface area contributed by atoms with Gasteiger partial charge in [-0.1, -0.05) is 130 Å². The van der Waals surface area contributed by atoms with Crippen molar-refractivity contribution in [1.29, 1.82) is 0 Å². The molecule has 3 heterocycles. The summed E-state index contributed by atoms with van der Waals surface area (Å²) in [6, 6.07) is 68.9. The van der Waals surface area contributed by atoms with Gasteiger partial charge in [0.05, 0.1) is 5.52 Å². The maximum Gasteiger partial charge on any atom is 0.143 e. The number of para-hydroxylation sites is 3. The Labute approximate surface area is 366 Å². The zero-order chi connectivity index (χ0) is 40.1. The Morgan fingerprint density at radius 3 is 1.68 bits per heavy atom. The third kappa shape index (κ3) is 6.87. The monoisotopic (exact) mass is 958 g/mol. The average molecular weight is 959 g/mol. The average Bonchev–Trinajstić information content (AvgIpc) is 3.84. The van der Waals surface area contributed by atoms with Crippen molar-refractivity contribution in [2.75, 3.05) is 9.80 Å². The molecule has 0 saturated heterocycles. The van der Waals surface area contributed by atoms with Gasteiger partial charge in [-0.25, -0.2) is 4.98 Å². The van der Waals surface area contributed by atoms with Crippen LogP contribution in [0.15, 0.2) is 182 Å². The fraction of sp³-hybridized carbons (Fsp3) is 0.111. The zero-order valence-corrected chi connectivity index (χ0v) is 36.2. The molecule has 10 rings (SSSR count). The van der Waals surface area contributed by atoms with Crippen LogP contribution in [-0.4, -0.2) is 9.55 Å². The first kappa shape index (κ1) is 39.1. The van der Waals surface area contributed by atoms with Gasteiger partial charge >= 0.3 is 0 Å². The first-order valence-corrected chi connectivity index (χ1v) is 20.1. The van der Waals surface area contributed by atoms with E-state index in [2.05, 4.69) is 200 Å². The Morgan fingerprint density at radius 1 is 0.500 bits per heavy atom. The quantitative estimate of drug-likeness (QED) is 0.135. The van der Waals surface area contributed by atoms with E-state index in [1.807, 2.05) is 42.6 Å². The standard InChI is InChI=1S/C54H43N4O.Pt/c1-53(2,38-18-7-5-8-19-38)40-32-41(54(3,4)39-20-9-6-10-21-39)34-44(33-40)57-37-56(50-29-13-14-30-51(50)57)42-22-15-24-45(35-42)59-46-25-16-23-43(36-46)58-49-28-12-11-26-47(49)48-27-17-31-55-52(48)58;/h5-34,37H,1-4H3;/q-3;. The summed E-state index contributed by atoms with van der Waals surface area (Å²) >= 11 is 0. The van der Waals surface area contributed by atoms with Crippen LogP contribution in [0.25, 0.3) is 27.6 Å². The summed E-state index contributed by atoms with van der Waals surface area (Å²) in [5, 5.41) is 2.25. The van der Waals surface area contributed by atoms with Gasteiger partial charge in [-0.2, -0.15) is 12.1 Å². The van der Waals surface area contributed by atoms with E-state index in [4.69, 9.17) is 9.72 Å². The molecule has 0 aliphatic carbocycles. The van der Waals surface area contributed by atoms with Crippen molar-refractivity contribution in [3.05, 3.63) is 223 Å². The van der Waals surface area contributed by atoms with Crippen molar-refractivity contribution in [2.24, 2.45) is 0 Å². The summed E-state index contributed by atoms with van der Waals surface area (Å²) in [4.78, 5) is 9.26. The van der Waals surface area contributed by atoms with Gasteiger partial charge in [-0.3, -0.25) is 0 Å². The van der Waals surface area contributed by atoms with E-state index in [1.54, 1.807) is 0 Å². The molecule has 0 N–H and O–H groups in total. The second-order valence-electron chi connectivity index (χ2n) is 16.2. The Hall–Kier alpha value is -6.42. The molecule has 1 aliphatic heterocycles. The van der Waals surface area contributed by atoms with Crippen molar-refractivity contribution in [2.45, 2.75) is 38.5 Å². The fourth-order valence-corrected chi connectivity index (χ4v) is 8.44.